The highest BCUT2D eigenvalue weighted by Gasteiger charge is 2.16. The van der Waals surface area contributed by atoms with Crippen LogP contribution in [0, 0.1) is 5.82 Å². The number of rotatable bonds is 8. The average Bonchev–Trinajstić information content (AvgIpc) is 2.72. The first-order chi connectivity index (χ1) is 14.0. The molecule has 3 rings (SSSR count). The zero-order valence-electron chi connectivity index (χ0n) is 15.7. The molecule has 0 spiro atoms. The van der Waals surface area contributed by atoms with Crippen molar-refractivity contribution in [2.24, 2.45) is 0 Å². The molecule has 1 aromatic carbocycles. The number of aliphatic hydroxyl groups excluding tert-OH is 1. The van der Waals surface area contributed by atoms with Gasteiger partial charge >= 0.3 is 0 Å². The Labute approximate surface area is 171 Å². The highest BCUT2D eigenvalue weighted by atomic mass is 35.5. The van der Waals surface area contributed by atoms with Crippen molar-refractivity contribution in [3.05, 3.63) is 75.5 Å². The molecule has 152 valence electrons. The molecule has 9 heteroatoms. The van der Waals surface area contributed by atoms with Crippen LogP contribution in [0.2, 0.25) is 5.02 Å². The second-order valence-corrected chi connectivity index (χ2v) is 6.63. The summed E-state index contributed by atoms with van der Waals surface area (Å²) in [6.45, 7) is 0.691. The minimum absolute atomic E-state index is 0.0215. The van der Waals surface area contributed by atoms with E-state index in [1.165, 1.54) is 22.8 Å². The Bertz CT molecular complexity index is 1040. The summed E-state index contributed by atoms with van der Waals surface area (Å²) < 4.78 is 20.1. The predicted molar refractivity (Wildman–Crippen MR) is 109 cm³/mol. The quantitative estimate of drug-likeness (QED) is 0.547. The number of ether oxygens (including phenoxy) is 1. The highest BCUT2D eigenvalue weighted by Crippen LogP contribution is 2.23. The molecule has 2 heterocycles. The Morgan fingerprint density at radius 1 is 1.31 bits per heavy atom. The van der Waals surface area contributed by atoms with Gasteiger partial charge in [-0.1, -0.05) is 17.7 Å². The van der Waals surface area contributed by atoms with Gasteiger partial charge in [0, 0.05) is 37.7 Å². The number of aliphatic hydroxyl groups is 1. The van der Waals surface area contributed by atoms with Crippen molar-refractivity contribution < 1.29 is 14.2 Å². The van der Waals surface area contributed by atoms with Crippen molar-refractivity contribution in [3.63, 3.8) is 0 Å². The van der Waals surface area contributed by atoms with Gasteiger partial charge in [0.25, 0.3) is 5.56 Å². The summed E-state index contributed by atoms with van der Waals surface area (Å²) in [7, 11) is 1.60. The smallest absolute Gasteiger partial charge is 0.251 e. The molecule has 0 saturated heterocycles. The van der Waals surface area contributed by atoms with Crippen LogP contribution in [0.4, 0.5) is 10.3 Å². The zero-order chi connectivity index (χ0) is 20.8. The highest BCUT2D eigenvalue weighted by molar-refractivity contribution is 6.30. The van der Waals surface area contributed by atoms with Gasteiger partial charge in [0.15, 0.2) is 0 Å². The summed E-state index contributed by atoms with van der Waals surface area (Å²) in [5.74, 6) is -0.185. The third kappa shape index (κ3) is 4.97. The fourth-order valence-corrected chi connectivity index (χ4v) is 2.97. The van der Waals surface area contributed by atoms with E-state index < -0.39 is 11.9 Å². The zero-order valence-corrected chi connectivity index (χ0v) is 16.4. The molecule has 7 nitrogen and oxygen atoms in total. The summed E-state index contributed by atoms with van der Waals surface area (Å²) in [5, 5.41) is 12.8. The Morgan fingerprint density at radius 2 is 2.14 bits per heavy atom. The SMILES string of the molecule is COCCNc1nccc(-c2ccn([C@H](CO)c3ccc(Cl)c(F)c3)c(=O)c2)n1. The maximum Gasteiger partial charge on any atom is 0.251 e. The Hall–Kier alpha value is -2.81. The lowest BCUT2D eigenvalue weighted by atomic mass is 10.1. The second-order valence-electron chi connectivity index (χ2n) is 6.22. The van der Waals surface area contributed by atoms with Crippen LogP contribution in [0.15, 0.2) is 53.6 Å². The summed E-state index contributed by atoms with van der Waals surface area (Å²) in [5.41, 5.74) is 1.25. The second kappa shape index (κ2) is 9.60. The van der Waals surface area contributed by atoms with E-state index in [-0.39, 0.29) is 17.2 Å². The van der Waals surface area contributed by atoms with Crippen molar-refractivity contribution in [2.45, 2.75) is 6.04 Å². The van der Waals surface area contributed by atoms with Crippen LogP contribution < -0.4 is 10.9 Å². The fourth-order valence-electron chi connectivity index (χ4n) is 2.85. The number of aromatic nitrogens is 3. The van der Waals surface area contributed by atoms with E-state index in [0.29, 0.717) is 35.9 Å². The molecule has 0 saturated carbocycles. The first kappa shape index (κ1) is 20.9. The van der Waals surface area contributed by atoms with Gasteiger partial charge in [0.2, 0.25) is 5.95 Å². The van der Waals surface area contributed by atoms with Crippen molar-refractivity contribution in [1.82, 2.24) is 14.5 Å². The third-order valence-electron chi connectivity index (χ3n) is 4.33. The van der Waals surface area contributed by atoms with E-state index in [1.54, 1.807) is 37.7 Å². The molecule has 0 bridgehead atoms. The first-order valence-electron chi connectivity index (χ1n) is 8.87. The van der Waals surface area contributed by atoms with Gasteiger partial charge in [-0.05, 0) is 29.8 Å². The van der Waals surface area contributed by atoms with Gasteiger partial charge in [-0.2, -0.15) is 0 Å². The number of hydrogen-bond donors (Lipinski definition) is 2. The first-order valence-corrected chi connectivity index (χ1v) is 9.25. The molecular weight excluding hydrogens is 399 g/mol. The fraction of sp³-hybridized carbons (Fsp3) is 0.250. The van der Waals surface area contributed by atoms with Crippen LogP contribution in [-0.2, 0) is 4.74 Å². The summed E-state index contributed by atoms with van der Waals surface area (Å²) in [4.78, 5) is 21.2. The summed E-state index contributed by atoms with van der Waals surface area (Å²) in [6, 6.07) is 8.26. The van der Waals surface area contributed by atoms with Crippen LogP contribution in [0.3, 0.4) is 0 Å². The molecular formula is C20H20ClFN4O3. The number of benzene rings is 1. The van der Waals surface area contributed by atoms with Crippen LogP contribution in [-0.4, -0.2) is 46.5 Å². The normalized spacial score (nSPS) is 12.0. The average molecular weight is 419 g/mol. The molecule has 29 heavy (non-hydrogen) atoms. The maximum absolute atomic E-state index is 13.8. The minimum Gasteiger partial charge on any atom is -0.394 e. The van der Waals surface area contributed by atoms with Gasteiger partial charge < -0.3 is 19.7 Å². The van der Waals surface area contributed by atoms with E-state index >= 15 is 0 Å². The molecule has 0 aliphatic carbocycles. The van der Waals surface area contributed by atoms with E-state index in [9.17, 15) is 14.3 Å². The molecule has 0 aliphatic rings. The largest absolute Gasteiger partial charge is 0.394 e. The van der Waals surface area contributed by atoms with Crippen molar-refractivity contribution >= 4 is 17.5 Å². The lowest BCUT2D eigenvalue weighted by Gasteiger charge is -2.18. The van der Waals surface area contributed by atoms with Crippen molar-refractivity contribution in [3.8, 4) is 11.3 Å². The van der Waals surface area contributed by atoms with Crippen LogP contribution >= 0.6 is 11.6 Å². The molecule has 2 aromatic heterocycles. The predicted octanol–water partition coefficient (Wildman–Crippen LogP) is 2.74. The number of halogens is 2. The Balaban J connectivity index is 1.89. The Morgan fingerprint density at radius 3 is 2.83 bits per heavy atom. The van der Waals surface area contributed by atoms with Gasteiger partial charge in [0.05, 0.1) is 30.0 Å². The third-order valence-corrected chi connectivity index (χ3v) is 4.63. The minimum atomic E-state index is -0.736. The lowest BCUT2D eigenvalue weighted by Crippen LogP contribution is -2.27. The topological polar surface area (TPSA) is 89.3 Å². The molecule has 1 atom stereocenters. The van der Waals surface area contributed by atoms with E-state index in [2.05, 4.69) is 15.3 Å². The number of hydrogen-bond acceptors (Lipinski definition) is 6. The number of methoxy groups -OCH3 is 1. The molecule has 0 fully saturated rings. The maximum atomic E-state index is 13.8. The standard InChI is InChI=1S/C20H20ClFN4O3/c1-29-9-7-24-20-23-6-4-17(25-20)13-5-8-26(19(28)11-13)18(12-27)14-2-3-15(21)16(22)10-14/h2-6,8,10-11,18,27H,7,9,12H2,1H3,(H,23,24,25)/t18-/m1/s1. The van der Waals surface area contributed by atoms with Gasteiger partial charge in [-0.25, -0.2) is 14.4 Å². The number of anilines is 1. The van der Waals surface area contributed by atoms with Crippen LogP contribution in [0.5, 0.6) is 0 Å². The summed E-state index contributed by atoms with van der Waals surface area (Å²) in [6.07, 6.45) is 3.14. The van der Waals surface area contributed by atoms with Crippen molar-refractivity contribution in [2.75, 3.05) is 32.2 Å². The van der Waals surface area contributed by atoms with Crippen LogP contribution in [0.25, 0.3) is 11.3 Å². The lowest BCUT2D eigenvalue weighted by molar-refractivity contribution is 0.210. The van der Waals surface area contributed by atoms with Crippen LogP contribution in [0.1, 0.15) is 11.6 Å². The molecule has 0 unspecified atom stereocenters. The molecule has 0 aliphatic heterocycles. The number of nitrogens with one attached hydrogen (secondary N) is 1. The van der Waals surface area contributed by atoms with E-state index in [1.807, 2.05) is 0 Å². The van der Waals surface area contributed by atoms with Gasteiger partial charge in [-0.3, -0.25) is 4.79 Å². The van der Waals surface area contributed by atoms with E-state index in [4.69, 9.17) is 16.3 Å². The molecule has 3 aromatic rings. The van der Waals surface area contributed by atoms with E-state index in [0.717, 1.165) is 0 Å². The van der Waals surface area contributed by atoms with Gasteiger partial charge in [-0.15, -0.1) is 0 Å². The molecule has 0 amide bonds. The van der Waals surface area contributed by atoms with Crippen molar-refractivity contribution in [1.29, 1.82) is 0 Å². The molecule has 0 radical (unpaired) electrons. The number of pyridine rings is 1. The summed E-state index contributed by atoms with van der Waals surface area (Å²) >= 11 is 5.72. The Kier molecular flexibility index (Phi) is 6.92. The number of nitrogens with zero attached hydrogens (tertiary/aromatic N) is 3. The van der Waals surface area contributed by atoms with Gasteiger partial charge in [0.1, 0.15) is 5.82 Å². The monoisotopic (exact) mass is 418 g/mol. The molecule has 2 N–H and O–H groups in total.